The van der Waals surface area contributed by atoms with Crippen LogP contribution in [0.15, 0.2) is 23.9 Å². The summed E-state index contributed by atoms with van der Waals surface area (Å²) in [6.45, 7) is 12.8. The minimum absolute atomic E-state index is 0.116. The van der Waals surface area contributed by atoms with Crippen molar-refractivity contribution in [2.75, 3.05) is 52.5 Å². The predicted octanol–water partition coefficient (Wildman–Crippen LogP) is 2.84. The Balaban J connectivity index is 1.56. The number of nitrogens with zero attached hydrogens (tertiary/aromatic N) is 3. The quantitative estimate of drug-likeness (QED) is 0.656. The van der Waals surface area contributed by atoms with Crippen molar-refractivity contribution in [1.82, 2.24) is 14.7 Å². The van der Waals surface area contributed by atoms with Crippen molar-refractivity contribution in [3.05, 3.63) is 40.6 Å². The van der Waals surface area contributed by atoms with Gasteiger partial charge in [0.25, 0.3) is 11.8 Å². The molecule has 2 saturated heterocycles. The van der Waals surface area contributed by atoms with Gasteiger partial charge in [-0.1, -0.05) is 25.1 Å². The van der Waals surface area contributed by atoms with Crippen LogP contribution in [0.1, 0.15) is 42.9 Å². The summed E-state index contributed by atoms with van der Waals surface area (Å²) in [7, 11) is 0. The maximum absolute atomic E-state index is 13.5. The van der Waals surface area contributed by atoms with Crippen LogP contribution in [0.3, 0.4) is 0 Å². The molecule has 0 N–H and O–H groups in total. The monoisotopic (exact) mass is 425 g/mol. The van der Waals surface area contributed by atoms with Crippen LogP contribution in [-0.2, 0) is 14.3 Å². The number of ether oxygens (including phenoxy) is 1. The van der Waals surface area contributed by atoms with Gasteiger partial charge >= 0.3 is 0 Å². The van der Waals surface area contributed by atoms with Gasteiger partial charge in [-0.05, 0) is 55.7 Å². The second-order valence-corrected chi connectivity index (χ2v) is 9.26. The van der Waals surface area contributed by atoms with Crippen LogP contribution >= 0.6 is 0 Å². The summed E-state index contributed by atoms with van der Waals surface area (Å²) in [5.74, 6) is 0.414. The molecule has 31 heavy (non-hydrogen) atoms. The second-order valence-electron chi connectivity index (χ2n) is 9.26. The van der Waals surface area contributed by atoms with Gasteiger partial charge in [0.15, 0.2) is 0 Å². The molecule has 0 atom stereocenters. The Kier molecular flexibility index (Phi) is 6.77. The molecular weight excluding hydrogens is 390 g/mol. The highest BCUT2D eigenvalue weighted by atomic mass is 16.5. The SMILES string of the molecule is Cc1ccc(C2=C(N3CCC(C)CC3)C(=O)N(CCCN3CCOCC3)C2=O)cc1C. The van der Waals surface area contributed by atoms with E-state index in [1.54, 1.807) is 0 Å². The van der Waals surface area contributed by atoms with Gasteiger partial charge in [0.05, 0.1) is 18.8 Å². The van der Waals surface area contributed by atoms with Gasteiger partial charge in [0.2, 0.25) is 0 Å². The first kappa shape index (κ1) is 22.0. The number of likely N-dealkylation sites (tertiary alicyclic amines) is 1. The standard InChI is InChI=1S/C25H35N3O3/c1-18-7-11-27(12-8-18)23-22(21-6-5-19(2)20(3)17-21)24(29)28(25(23)30)10-4-9-26-13-15-31-16-14-26/h5-6,17-18H,4,7-16H2,1-3H3. The van der Waals surface area contributed by atoms with Gasteiger partial charge in [-0.15, -0.1) is 0 Å². The Morgan fingerprint density at radius 3 is 2.32 bits per heavy atom. The zero-order valence-corrected chi connectivity index (χ0v) is 19.2. The summed E-state index contributed by atoms with van der Waals surface area (Å²) in [5, 5.41) is 0. The van der Waals surface area contributed by atoms with Crippen LogP contribution in [-0.4, -0.2) is 79.0 Å². The lowest BCUT2D eigenvalue weighted by atomic mass is 9.96. The molecule has 6 heteroatoms. The molecule has 1 aromatic rings. The van der Waals surface area contributed by atoms with Crippen molar-refractivity contribution in [3.63, 3.8) is 0 Å². The lowest BCUT2D eigenvalue weighted by molar-refractivity contribution is -0.137. The van der Waals surface area contributed by atoms with E-state index in [9.17, 15) is 9.59 Å². The number of aryl methyl sites for hydroxylation is 2. The summed E-state index contributed by atoms with van der Waals surface area (Å²) in [6, 6.07) is 6.10. The highest BCUT2D eigenvalue weighted by Crippen LogP contribution is 2.34. The molecule has 0 unspecified atom stereocenters. The van der Waals surface area contributed by atoms with E-state index in [0.29, 0.717) is 23.7 Å². The third-order valence-electron chi connectivity index (χ3n) is 7.00. The Morgan fingerprint density at radius 2 is 1.65 bits per heavy atom. The molecule has 1 aromatic carbocycles. The Labute approximate surface area is 185 Å². The van der Waals surface area contributed by atoms with Gasteiger partial charge in [-0.25, -0.2) is 0 Å². The first-order valence-corrected chi connectivity index (χ1v) is 11.7. The first-order valence-electron chi connectivity index (χ1n) is 11.7. The molecule has 0 bridgehead atoms. The van der Waals surface area contributed by atoms with E-state index >= 15 is 0 Å². The van der Waals surface area contributed by atoms with E-state index in [1.807, 2.05) is 12.1 Å². The summed E-state index contributed by atoms with van der Waals surface area (Å²) >= 11 is 0. The fourth-order valence-electron chi connectivity index (χ4n) is 4.73. The molecule has 0 radical (unpaired) electrons. The van der Waals surface area contributed by atoms with E-state index in [-0.39, 0.29) is 11.8 Å². The number of carbonyl (C=O) groups excluding carboxylic acids is 2. The van der Waals surface area contributed by atoms with Crippen LogP contribution < -0.4 is 0 Å². The van der Waals surface area contributed by atoms with Crippen molar-refractivity contribution in [3.8, 4) is 0 Å². The van der Waals surface area contributed by atoms with Gasteiger partial charge in [0.1, 0.15) is 5.70 Å². The zero-order valence-electron chi connectivity index (χ0n) is 19.2. The highest BCUT2D eigenvalue weighted by Gasteiger charge is 2.41. The number of rotatable bonds is 6. The zero-order chi connectivity index (χ0) is 22.0. The second kappa shape index (κ2) is 9.53. The fraction of sp³-hybridized carbons (Fsp3) is 0.600. The molecule has 0 spiro atoms. The Hall–Kier alpha value is -2.18. The number of imide groups is 1. The van der Waals surface area contributed by atoms with Crippen LogP contribution in [0, 0.1) is 19.8 Å². The smallest absolute Gasteiger partial charge is 0.277 e. The molecular formula is C25H35N3O3. The van der Waals surface area contributed by atoms with Crippen molar-refractivity contribution in [2.45, 2.75) is 40.0 Å². The maximum atomic E-state index is 13.5. The van der Waals surface area contributed by atoms with Crippen molar-refractivity contribution >= 4 is 17.4 Å². The topological polar surface area (TPSA) is 53.1 Å². The highest BCUT2D eigenvalue weighted by molar-refractivity contribution is 6.35. The molecule has 6 nitrogen and oxygen atoms in total. The molecule has 4 rings (SSSR count). The number of amides is 2. The summed E-state index contributed by atoms with van der Waals surface area (Å²) in [4.78, 5) is 33.0. The lowest BCUT2D eigenvalue weighted by Gasteiger charge is -2.33. The number of carbonyl (C=O) groups is 2. The number of morpholine rings is 1. The molecule has 168 valence electrons. The molecule has 0 aromatic heterocycles. The number of piperidine rings is 1. The normalized spacial score (nSPS) is 21.5. The van der Waals surface area contributed by atoms with E-state index in [4.69, 9.17) is 4.74 Å². The first-order chi connectivity index (χ1) is 15.0. The molecule has 2 amide bonds. The fourth-order valence-corrected chi connectivity index (χ4v) is 4.73. The largest absolute Gasteiger partial charge is 0.379 e. The molecule has 0 aliphatic carbocycles. The lowest BCUT2D eigenvalue weighted by Crippen LogP contribution is -2.41. The van der Waals surface area contributed by atoms with Crippen molar-refractivity contribution in [1.29, 1.82) is 0 Å². The minimum atomic E-state index is -0.135. The molecule has 2 fully saturated rings. The predicted molar refractivity (Wildman–Crippen MR) is 121 cm³/mol. The van der Waals surface area contributed by atoms with Crippen LogP contribution in [0.5, 0.6) is 0 Å². The third-order valence-corrected chi connectivity index (χ3v) is 7.00. The van der Waals surface area contributed by atoms with Crippen LogP contribution in [0.4, 0.5) is 0 Å². The minimum Gasteiger partial charge on any atom is -0.379 e. The molecule has 3 heterocycles. The average Bonchev–Trinajstić information content (AvgIpc) is 3.02. The third kappa shape index (κ3) is 4.70. The van der Waals surface area contributed by atoms with E-state index in [2.05, 4.69) is 36.6 Å². The molecule has 0 saturated carbocycles. The summed E-state index contributed by atoms with van der Waals surface area (Å²) in [5.41, 5.74) is 4.41. The van der Waals surface area contributed by atoms with Gasteiger partial charge in [0, 0.05) is 39.3 Å². The molecule has 3 aliphatic rings. The summed E-state index contributed by atoms with van der Waals surface area (Å²) in [6.07, 6.45) is 2.91. The average molecular weight is 426 g/mol. The Morgan fingerprint density at radius 1 is 0.935 bits per heavy atom. The van der Waals surface area contributed by atoms with Crippen molar-refractivity contribution in [2.24, 2.45) is 5.92 Å². The van der Waals surface area contributed by atoms with Crippen molar-refractivity contribution < 1.29 is 14.3 Å². The number of benzene rings is 1. The van der Waals surface area contributed by atoms with Gasteiger partial charge in [-0.2, -0.15) is 0 Å². The van der Waals surface area contributed by atoms with Crippen LogP contribution in [0.2, 0.25) is 0 Å². The molecule has 3 aliphatic heterocycles. The van der Waals surface area contributed by atoms with E-state index in [0.717, 1.165) is 76.3 Å². The van der Waals surface area contributed by atoms with E-state index < -0.39 is 0 Å². The van der Waals surface area contributed by atoms with Gasteiger partial charge in [-0.3, -0.25) is 19.4 Å². The Bertz CT molecular complexity index is 865. The number of hydrogen-bond acceptors (Lipinski definition) is 5. The van der Waals surface area contributed by atoms with Gasteiger partial charge < -0.3 is 9.64 Å². The van der Waals surface area contributed by atoms with E-state index in [1.165, 1.54) is 10.5 Å². The van der Waals surface area contributed by atoms with Crippen LogP contribution in [0.25, 0.3) is 5.57 Å². The summed E-state index contributed by atoms with van der Waals surface area (Å²) < 4.78 is 5.41. The maximum Gasteiger partial charge on any atom is 0.277 e. The number of hydrogen-bond donors (Lipinski definition) is 0.